The van der Waals surface area contributed by atoms with Crippen LogP contribution in [-0.4, -0.2) is 41.6 Å². The highest BCUT2D eigenvalue weighted by molar-refractivity contribution is 5.83. The molecule has 0 aliphatic carbocycles. The molecule has 54 heavy (non-hydrogen) atoms. The molecule has 0 fully saturated rings. The molecule has 1 amide bonds. The molecule has 4 N–H and O–H groups in total. The van der Waals surface area contributed by atoms with Crippen molar-refractivity contribution in [3.8, 4) is 0 Å². The summed E-state index contributed by atoms with van der Waals surface area (Å²) in [5, 5.41) is 11.9. The van der Waals surface area contributed by atoms with E-state index >= 15 is 0 Å². The second-order valence-corrected chi connectivity index (χ2v) is 13.3. The summed E-state index contributed by atoms with van der Waals surface area (Å²) in [6, 6.07) is -0.885. The SMILES string of the molecule is CC/C=C\C/C=C\C/C=C\C/C=C\C/C=C\C/C=C\C/C=C\CCCC(=O)OC(/C=C\C/C=C\CCC)CCCCCCC(=O)NC(CCCN)C(=O)O. The van der Waals surface area contributed by atoms with E-state index in [1.165, 1.54) is 0 Å². The summed E-state index contributed by atoms with van der Waals surface area (Å²) in [7, 11) is 0. The Morgan fingerprint density at radius 1 is 0.574 bits per heavy atom. The molecule has 0 rings (SSSR count). The number of nitrogens with one attached hydrogen (secondary N) is 1. The number of carbonyl (C=O) groups excluding carboxylic acids is 2. The maximum atomic E-state index is 12.6. The van der Waals surface area contributed by atoms with Gasteiger partial charge in [0.1, 0.15) is 12.1 Å². The molecule has 0 aromatic heterocycles. The van der Waals surface area contributed by atoms with E-state index in [-0.39, 0.29) is 18.0 Å². The highest BCUT2D eigenvalue weighted by Gasteiger charge is 2.18. The van der Waals surface area contributed by atoms with Gasteiger partial charge in [-0.05, 0) is 115 Å². The van der Waals surface area contributed by atoms with Gasteiger partial charge in [-0.25, -0.2) is 4.79 Å². The van der Waals surface area contributed by atoms with Crippen LogP contribution in [0.4, 0.5) is 0 Å². The smallest absolute Gasteiger partial charge is 0.326 e. The zero-order valence-electron chi connectivity index (χ0n) is 33.8. The number of unbranched alkanes of at least 4 members (excludes halogenated alkanes) is 5. The van der Waals surface area contributed by atoms with Crippen LogP contribution in [0.5, 0.6) is 0 Å². The van der Waals surface area contributed by atoms with E-state index in [0.29, 0.717) is 38.6 Å². The van der Waals surface area contributed by atoms with E-state index in [1.807, 2.05) is 6.08 Å². The van der Waals surface area contributed by atoms with Gasteiger partial charge in [0.25, 0.3) is 0 Å². The molecule has 0 aromatic rings. The largest absolute Gasteiger partial charge is 0.480 e. The third-order valence-corrected chi connectivity index (χ3v) is 8.29. The number of rotatable bonds is 35. The topological polar surface area (TPSA) is 119 Å². The second kappa shape index (κ2) is 40.2. The number of hydrogen-bond acceptors (Lipinski definition) is 5. The number of esters is 1. The van der Waals surface area contributed by atoms with Crippen LogP contribution in [0.2, 0.25) is 0 Å². The summed E-state index contributed by atoms with van der Waals surface area (Å²) in [5.74, 6) is -1.44. The molecular weight excluding hydrogens is 673 g/mol. The van der Waals surface area contributed by atoms with Crippen LogP contribution < -0.4 is 11.1 Å². The lowest BCUT2D eigenvalue weighted by molar-refractivity contribution is -0.147. The molecule has 0 aromatic carbocycles. The molecule has 0 saturated carbocycles. The number of amides is 1. The Labute approximate surface area is 329 Å². The summed E-state index contributed by atoms with van der Waals surface area (Å²) in [5.41, 5.74) is 5.47. The van der Waals surface area contributed by atoms with E-state index in [1.54, 1.807) is 0 Å². The summed E-state index contributed by atoms with van der Waals surface area (Å²) in [4.78, 5) is 36.2. The molecule has 7 nitrogen and oxygen atoms in total. The molecule has 0 radical (unpaired) electrons. The molecule has 7 heteroatoms. The van der Waals surface area contributed by atoms with E-state index in [9.17, 15) is 19.5 Å². The molecule has 302 valence electrons. The van der Waals surface area contributed by atoms with Crippen LogP contribution in [-0.2, 0) is 19.1 Å². The molecule has 0 bridgehead atoms. The van der Waals surface area contributed by atoms with Crippen LogP contribution in [0, 0.1) is 0 Å². The molecule has 0 heterocycles. The number of carboxylic acid groups (broad SMARTS) is 1. The Balaban J connectivity index is 4.29. The van der Waals surface area contributed by atoms with Gasteiger partial charge in [-0.2, -0.15) is 0 Å². The summed E-state index contributed by atoms with van der Waals surface area (Å²) in [6.45, 7) is 4.70. The zero-order chi connectivity index (χ0) is 39.6. The van der Waals surface area contributed by atoms with E-state index < -0.39 is 12.0 Å². The van der Waals surface area contributed by atoms with Crippen molar-refractivity contribution < 1.29 is 24.2 Å². The third kappa shape index (κ3) is 36.4. The van der Waals surface area contributed by atoms with Crippen LogP contribution in [0.3, 0.4) is 0 Å². The Morgan fingerprint density at radius 3 is 1.59 bits per heavy atom. The van der Waals surface area contributed by atoms with Crippen molar-refractivity contribution >= 4 is 17.8 Å². The lowest BCUT2D eigenvalue weighted by Gasteiger charge is -2.15. The molecule has 0 aliphatic heterocycles. The number of aliphatic carboxylic acids is 1. The number of nitrogens with two attached hydrogens (primary N) is 1. The fourth-order valence-electron chi connectivity index (χ4n) is 5.22. The molecular formula is C47H74N2O5. The van der Waals surface area contributed by atoms with Gasteiger partial charge in [0.05, 0.1) is 0 Å². The number of hydrogen-bond donors (Lipinski definition) is 3. The summed E-state index contributed by atoms with van der Waals surface area (Å²) in [6.07, 6.45) is 55.9. The lowest BCUT2D eigenvalue weighted by Crippen LogP contribution is -2.40. The van der Waals surface area contributed by atoms with Gasteiger partial charge in [-0.15, -0.1) is 0 Å². The van der Waals surface area contributed by atoms with Crippen molar-refractivity contribution in [3.05, 3.63) is 109 Å². The quantitative estimate of drug-likeness (QED) is 0.0337. The number of carbonyl (C=O) groups is 3. The Bertz CT molecular complexity index is 1200. The van der Waals surface area contributed by atoms with Crippen LogP contribution in [0.25, 0.3) is 0 Å². The highest BCUT2D eigenvalue weighted by Crippen LogP contribution is 2.13. The van der Waals surface area contributed by atoms with E-state index in [0.717, 1.165) is 103 Å². The minimum Gasteiger partial charge on any atom is -0.480 e. The van der Waals surface area contributed by atoms with Gasteiger partial charge < -0.3 is 20.9 Å². The fourth-order valence-corrected chi connectivity index (χ4v) is 5.22. The predicted octanol–water partition coefficient (Wildman–Crippen LogP) is 11.7. The lowest BCUT2D eigenvalue weighted by atomic mass is 10.1. The second-order valence-electron chi connectivity index (χ2n) is 13.3. The van der Waals surface area contributed by atoms with Crippen molar-refractivity contribution in [2.75, 3.05) is 6.54 Å². The van der Waals surface area contributed by atoms with Gasteiger partial charge in [0.15, 0.2) is 0 Å². The minimum absolute atomic E-state index is 0.171. The van der Waals surface area contributed by atoms with Crippen molar-refractivity contribution in [2.45, 2.75) is 161 Å². The Morgan fingerprint density at radius 2 is 1.07 bits per heavy atom. The third-order valence-electron chi connectivity index (χ3n) is 8.29. The van der Waals surface area contributed by atoms with Gasteiger partial charge in [-0.1, -0.05) is 136 Å². The van der Waals surface area contributed by atoms with Gasteiger partial charge >= 0.3 is 11.9 Å². The molecule has 0 aliphatic rings. The Kier molecular flexibility index (Phi) is 37.3. The van der Waals surface area contributed by atoms with Crippen LogP contribution in [0.1, 0.15) is 149 Å². The highest BCUT2D eigenvalue weighted by atomic mass is 16.5. The molecule has 0 spiro atoms. The zero-order valence-corrected chi connectivity index (χ0v) is 33.8. The maximum absolute atomic E-state index is 12.6. The first-order valence-electron chi connectivity index (χ1n) is 20.7. The van der Waals surface area contributed by atoms with E-state index in [2.05, 4.69) is 122 Å². The normalized spacial score (nSPS) is 13.8. The van der Waals surface area contributed by atoms with Crippen molar-refractivity contribution in [1.29, 1.82) is 0 Å². The van der Waals surface area contributed by atoms with Crippen molar-refractivity contribution in [1.82, 2.24) is 5.32 Å². The fraction of sp³-hybridized carbons (Fsp3) is 0.553. The first-order chi connectivity index (χ1) is 26.4. The van der Waals surface area contributed by atoms with Gasteiger partial charge in [-0.3, -0.25) is 9.59 Å². The molecule has 0 saturated heterocycles. The first-order valence-corrected chi connectivity index (χ1v) is 20.7. The summed E-state index contributed by atoms with van der Waals surface area (Å²) < 4.78 is 5.84. The van der Waals surface area contributed by atoms with Crippen LogP contribution in [0.15, 0.2) is 109 Å². The van der Waals surface area contributed by atoms with E-state index in [4.69, 9.17) is 10.5 Å². The monoisotopic (exact) mass is 747 g/mol. The van der Waals surface area contributed by atoms with Gasteiger partial charge in [0, 0.05) is 12.8 Å². The van der Waals surface area contributed by atoms with Gasteiger partial charge in [0.2, 0.25) is 5.91 Å². The minimum atomic E-state index is -1.03. The van der Waals surface area contributed by atoms with Crippen LogP contribution >= 0.6 is 0 Å². The van der Waals surface area contributed by atoms with Crippen molar-refractivity contribution in [3.63, 3.8) is 0 Å². The molecule has 2 unspecified atom stereocenters. The molecule has 2 atom stereocenters. The van der Waals surface area contributed by atoms with Crippen molar-refractivity contribution in [2.24, 2.45) is 5.73 Å². The number of ether oxygens (including phenoxy) is 1. The Hall–Kier alpha value is -3.97. The standard InChI is InChI=1S/C47H74N2O5/c1-3-5-7-9-11-12-13-14-15-16-17-18-19-20-21-22-23-24-25-26-27-29-35-41-46(51)54-43(37-32-28-10-8-6-4-2)38-33-30-31-34-40-45(50)49-44(47(52)53)39-36-42-48/h5,7-8,10-12,14-15,17-18,20-21,23-24,26-27,32,37,43-44H,3-4,6,9,13,16,19,22,25,28-31,33-36,38-42,48H2,1-2H3,(H,49,50)(H,52,53)/b7-5-,10-8-,12-11-,15-14-,18-17-,21-20-,24-23-,27-26-,37-32-. The average molecular weight is 747 g/mol. The number of allylic oxidation sites excluding steroid dienone is 17. The predicted molar refractivity (Wildman–Crippen MR) is 229 cm³/mol. The summed E-state index contributed by atoms with van der Waals surface area (Å²) >= 11 is 0. The number of carboxylic acids is 1. The first kappa shape index (κ1) is 50.0. The maximum Gasteiger partial charge on any atom is 0.326 e. The average Bonchev–Trinajstić information content (AvgIpc) is 3.16.